The van der Waals surface area contributed by atoms with Crippen molar-refractivity contribution in [1.82, 2.24) is 5.01 Å². The number of benzene rings is 3. The molecule has 6 rings (SSSR count). The van der Waals surface area contributed by atoms with Crippen LogP contribution in [0.1, 0.15) is 88.5 Å². The summed E-state index contributed by atoms with van der Waals surface area (Å²) in [7, 11) is 3.00. The second-order valence-electron chi connectivity index (χ2n) is 17.0. The summed E-state index contributed by atoms with van der Waals surface area (Å²) < 4.78 is 23.6. The molecular weight excluding hydrogens is 827 g/mol. The Morgan fingerprint density at radius 3 is 2.23 bits per heavy atom. The van der Waals surface area contributed by atoms with Gasteiger partial charge in [0.15, 0.2) is 5.75 Å². The fourth-order valence-corrected chi connectivity index (χ4v) is 8.26. The summed E-state index contributed by atoms with van der Waals surface area (Å²) in [6, 6.07) is 8.28. The number of aromatic hydroxyl groups is 3. The number of esters is 1. The van der Waals surface area contributed by atoms with Crippen molar-refractivity contribution in [3.05, 3.63) is 88.7 Å². The number of anilines is 1. The van der Waals surface area contributed by atoms with Crippen molar-refractivity contribution >= 4 is 40.3 Å². The minimum absolute atomic E-state index is 0.0152. The molecule has 11 atom stereocenters. The number of nitrogens with zero attached hydrogens (tertiary/aromatic N) is 2. The summed E-state index contributed by atoms with van der Waals surface area (Å²) in [4.78, 5) is 40.8. The van der Waals surface area contributed by atoms with Crippen molar-refractivity contribution in [3.63, 3.8) is 0 Å². The third kappa shape index (κ3) is 9.60. The first kappa shape index (κ1) is 49.1. The van der Waals surface area contributed by atoms with E-state index in [1.165, 1.54) is 58.2 Å². The highest BCUT2D eigenvalue weighted by Crippen LogP contribution is 2.55. The van der Waals surface area contributed by atoms with Gasteiger partial charge in [0, 0.05) is 68.2 Å². The predicted molar refractivity (Wildman–Crippen MR) is 240 cm³/mol. The number of hydrazone groups is 1. The number of ketones is 1. The maximum Gasteiger partial charge on any atom is 0.312 e. The van der Waals surface area contributed by atoms with Crippen molar-refractivity contribution in [2.24, 2.45) is 28.8 Å². The normalized spacial score (nSPS) is 27.8. The van der Waals surface area contributed by atoms with Crippen LogP contribution in [0.5, 0.6) is 23.0 Å². The maximum absolute atomic E-state index is 14.5. The second-order valence-corrected chi connectivity index (χ2v) is 17.0. The van der Waals surface area contributed by atoms with E-state index in [9.17, 15) is 45.0 Å². The van der Waals surface area contributed by atoms with Crippen LogP contribution in [0.15, 0.2) is 71.6 Å². The van der Waals surface area contributed by atoms with Gasteiger partial charge in [0.25, 0.3) is 11.7 Å². The molecule has 0 saturated heterocycles. The van der Waals surface area contributed by atoms with Gasteiger partial charge in [0.05, 0.1) is 59.0 Å². The highest BCUT2D eigenvalue weighted by atomic mass is 16.7. The summed E-state index contributed by atoms with van der Waals surface area (Å²) in [6.07, 6.45) is 3.51. The first-order chi connectivity index (χ1) is 30.1. The number of ether oxygens (including phenoxy) is 4. The molecule has 3 heterocycles. The van der Waals surface area contributed by atoms with Crippen LogP contribution >= 0.6 is 0 Å². The molecule has 0 aliphatic carbocycles. The number of phenols is 3. The number of phenolic OH excluding ortho intramolecular Hbond substituents is 3. The molecule has 3 aromatic carbocycles. The zero-order valence-electron chi connectivity index (χ0n) is 38.1. The topological polar surface area (TPSA) is 237 Å². The zero-order valence-corrected chi connectivity index (χ0v) is 38.1. The van der Waals surface area contributed by atoms with Crippen molar-refractivity contribution < 1.29 is 64.0 Å². The van der Waals surface area contributed by atoms with Crippen LogP contribution in [0.25, 0.3) is 10.8 Å². The number of aliphatic hydroxyl groups excluding tert-OH is 3. The smallest absolute Gasteiger partial charge is 0.312 e. The van der Waals surface area contributed by atoms with E-state index in [0.717, 1.165) is 6.21 Å². The lowest BCUT2D eigenvalue weighted by Crippen LogP contribution is -2.46. The molecule has 3 aliphatic heterocycles. The lowest BCUT2D eigenvalue weighted by molar-refractivity contribution is -0.160. The van der Waals surface area contributed by atoms with Crippen LogP contribution in [-0.4, -0.2) is 110 Å². The molecule has 0 unspecified atom stereocenters. The van der Waals surface area contributed by atoms with E-state index in [-0.39, 0.29) is 44.5 Å². The SMILES string of the molecule is CO[C@@H]1C=CO[C@@]2(C)Oc3c(C)c(O)c4c(O)c(c(C=NN(C)[C@H](C)[C@H](O)c5ccccc5)c(O)c4c3C2=O)NC(=O)C(C)=CC=C[C@H](C)[C@H](O)[C@H](C)[C@H](O)[C@H](C)[C@H](OC(C)=O)[C@@H]1C. The number of amides is 1. The number of nitrogens with one attached hydrogen (secondary N) is 1. The average molecular weight is 888 g/mol. The van der Waals surface area contributed by atoms with Crippen LogP contribution in [0, 0.1) is 30.6 Å². The van der Waals surface area contributed by atoms with E-state index < -0.39 is 101 Å². The predicted octanol–water partition coefficient (Wildman–Crippen LogP) is 6.14. The third-order valence-electron chi connectivity index (χ3n) is 12.6. The Labute approximate surface area is 373 Å². The van der Waals surface area contributed by atoms with E-state index in [4.69, 9.17) is 18.9 Å². The quantitative estimate of drug-likeness (QED) is 0.0464. The number of fused-ring (bicyclic) bond motifs is 14. The highest BCUT2D eigenvalue weighted by molar-refractivity contribution is 6.23. The Hall–Kier alpha value is -5.94. The standard InChI is InChI=1S/C48H61N3O13/c1-23-16-15-17-24(2)47(60)50-37-32(22-49-51(10)29(7)41(56)31-18-13-12-14-19-31)42(57)34-35(43(37)58)40(55)28(6)45-36(34)46(59)48(9,64-45)62-21-20-33(61-11)25(3)44(63-30(8)52)27(5)39(54)26(4)38(23)53/h12-23,25-27,29,33,38-39,41,44,53-58H,1-11H3,(H,50,60)/t23-,25+,26-,27-,29+,33+,38-,39-,41-,44+,48-/m0/s1. The number of Topliss-reactive ketones (excluding diaryl/α,β-unsaturated/α-hetero) is 1. The lowest BCUT2D eigenvalue weighted by atomic mass is 9.78. The molecule has 1 amide bonds. The number of carbonyl (C=O) groups excluding carboxylic acids is 3. The number of hydrogen-bond acceptors (Lipinski definition) is 15. The number of likely N-dealkylation sites (N-methyl/N-ethyl adjacent to an activating group) is 1. The molecule has 346 valence electrons. The minimum Gasteiger partial charge on any atom is -0.507 e. The molecule has 64 heavy (non-hydrogen) atoms. The van der Waals surface area contributed by atoms with Crippen LogP contribution in [-0.2, 0) is 23.8 Å². The number of allylic oxidation sites excluding steroid dienone is 2. The van der Waals surface area contributed by atoms with Gasteiger partial charge in [0.1, 0.15) is 29.5 Å². The molecule has 3 aromatic rings. The van der Waals surface area contributed by atoms with Gasteiger partial charge < -0.3 is 54.9 Å². The second kappa shape index (κ2) is 19.8. The van der Waals surface area contributed by atoms with E-state index >= 15 is 0 Å². The van der Waals surface area contributed by atoms with Crippen LogP contribution in [0.4, 0.5) is 5.69 Å². The molecule has 16 nitrogen and oxygen atoms in total. The van der Waals surface area contributed by atoms with Gasteiger partial charge in [-0.3, -0.25) is 19.4 Å². The molecule has 7 N–H and O–H groups in total. The number of hydrogen-bond donors (Lipinski definition) is 7. The molecule has 3 aliphatic rings. The fraction of sp³-hybridized carbons (Fsp3) is 0.458. The number of aliphatic hydroxyl groups is 3. The third-order valence-corrected chi connectivity index (χ3v) is 12.6. The lowest BCUT2D eigenvalue weighted by Gasteiger charge is -2.38. The number of methoxy groups -OCH3 is 1. The van der Waals surface area contributed by atoms with Crippen molar-refractivity contribution in [1.29, 1.82) is 0 Å². The van der Waals surface area contributed by atoms with Crippen molar-refractivity contribution in [3.8, 4) is 23.0 Å². The molecule has 0 spiro atoms. The Balaban J connectivity index is 1.71. The van der Waals surface area contributed by atoms with E-state index in [2.05, 4.69) is 10.4 Å². The molecule has 0 radical (unpaired) electrons. The summed E-state index contributed by atoms with van der Waals surface area (Å²) in [5.74, 6) is -8.88. The Bertz CT molecular complexity index is 2360. The van der Waals surface area contributed by atoms with Crippen molar-refractivity contribution in [2.75, 3.05) is 19.5 Å². The first-order valence-electron chi connectivity index (χ1n) is 21.2. The van der Waals surface area contributed by atoms with Gasteiger partial charge in [-0.25, -0.2) is 0 Å². The van der Waals surface area contributed by atoms with Crippen molar-refractivity contribution in [2.45, 2.75) is 105 Å². The largest absolute Gasteiger partial charge is 0.507 e. The van der Waals surface area contributed by atoms with Crippen LogP contribution in [0.2, 0.25) is 0 Å². The fourth-order valence-electron chi connectivity index (χ4n) is 8.26. The molecule has 5 bridgehead atoms. The maximum atomic E-state index is 14.5. The van der Waals surface area contributed by atoms with Gasteiger partial charge in [-0.15, -0.1) is 0 Å². The molecular formula is C48H61N3O13. The summed E-state index contributed by atoms with van der Waals surface area (Å²) in [6.45, 7) is 14.1. The number of carbonyl (C=O) groups is 3. The Morgan fingerprint density at radius 2 is 1.61 bits per heavy atom. The number of rotatable bonds is 7. The highest BCUT2D eigenvalue weighted by Gasteiger charge is 2.50. The van der Waals surface area contributed by atoms with Crippen LogP contribution in [0.3, 0.4) is 0 Å². The molecule has 0 saturated carbocycles. The van der Waals surface area contributed by atoms with Gasteiger partial charge >= 0.3 is 11.8 Å². The van der Waals surface area contributed by atoms with E-state index in [1.807, 2.05) is 6.07 Å². The Morgan fingerprint density at radius 1 is 0.953 bits per heavy atom. The van der Waals surface area contributed by atoms with Gasteiger partial charge in [0.2, 0.25) is 0 Å². The average Bonchev–Trinajstić information content (AvgIpc) is 3.53. The molecule has 16 heteroatoms. The monoisotopic (exact) mass is 887 g/mol. The summed E-state index contributed by atoms with van der Waals surface area (Å²) in [5, 5.41) is 77.8. The van der Waals surface area contributed by atoms with Crippen LogP contribution < -0.4 is 10.1 Å². The molecule has 0 fully saturated rings. The summed E-state index contributed by atoms with van der Waals surface area (Å²) in [5.41, 5.74) is -0.0862. The van der Waals surface area contributed by atoms with E-state index in [0.29, 0.717) is 5.56 Å². The van der Waals surface area contributed by atoms with Gasteiger partial charge in [-0.2, -0.15) is 5.10 Å². The zero-order chi connectivity index (χ0) is 47.5. The van der Waals surface area contributed by atoms with Gasteiger partial charge in [-0.05, 0) is 32.4 Å². The minimum atomic E-state index is -2.09. The van der Waals surface area contributed by atoms with Gasteiger partial charge in [-0.1, -0.05) is 76.3 Å². The molecule has 0 aromatic heterocycles. The van der Waals surface area contributed by atoms with E-state index in [1.54, 1.807) is 78.1 Å². The first-order valence-corrected chi connectivity index (χ1v) is 21.2. The summed E-state index contributed by atoms with van der Waals surface area (Å²) >= 11 is 0. The Kier molecular flexibility index (Phi) is 15.2.